The number of nitrogens with one attached hydrogen (secondary N) is 2. The number of fused-ring (bicyclic) bond motifs is 1. The maximum absolute atomic E-state index is 4.77. The second-order valence-electron chi connectivity index (χ2n) is 6.28. The Labute approximate surface area is 161 Å². The summed E-state index contributed by atoms with van der Waals surface area (Å²) in [7, 11) is 0. The van der Waals surface area contributed by atoms with Gasteiger partial charge in [0.2, 0.25) is 0 Å². The van der Waals surface area contributed by atoms with Gasteiger partial charge in [-0.3, -0.25) is 9.89 Å². The summed E-state index contributed by atoms with van der Waals surface area (Å²) < 4.78 is 0. The van der Waals surface area contributed by atoms with Crippen LogP contribution in [0.4, 0.5) is 0 Å². The first-order valence-electron chi connectivity index (χ1n) is 8.67. The molecule has 3 rings (SSSR count). The highest BCUT2D eigenvalue weighted by Gasteiger charge is 2.17. The summed E-state index contributed by atoms with van der Waals surface area (Å²) in [6.07, 6.45) is 6.49. The van der Waals surface area contributed by atoms with Crippen LogP contribution in [0.5, 0.6) is 0 Å². The maximum atomic E-state index is 4.77. The zero-order valence-electron chi connectivity index (χ0n) is 14.0. The van der Waals surface area contributed by atoms with E-state index in [-0.39, 0.29) is 24.0 Å². The Bertz CT molecular complexity index is 497. The highest BCUT2D eigenvalue weighted by Crippen LogP contribution is 2.23. The Morgan fingerprint density at radius 3 is 3.00 bits per heavy atom. The van der Waals surface area contributed by atoms with Gasteiger partial charge in [0.25, 0.3) is 0 Å². The number of guanidine groups is 1. The summed E-state index contributed by atoms with van der Waals surface area (Å²) in [6, 6.07) is 2.90. The number of rotatable bonds is 5. The lowest BCUT2D eigenvalue weighted by atomic mass is 10.1. The standard InChI is InChI=1S/C17H28N4S.HI/c1-2-18-17(20-15-5-3-4-6-15)19-9-11-21-10-7-16-14(13-21)8-12-22-16;/h8,12,15H,2-7,9-11,13H2,1H3,(H2,18,19,20);1H. The molecule has 1 aromatic rings. The van der Waals surface area contributed by atoms with Gasteiger partial charge in [0.05, 0.1) is 6.54 Å². The van der Waals surface area contributed by atoms with E-state index in [9.17, 15) is 0 Å². The number of hydrogen-bond donors (Lipinski definition) is 2. The number of hydrogen-bond acceptors (Lipinski definition) is 3. The molecule has 0 spiro atoms. The van der Waals surface area contributed by atoms with Crippen LogP contribution in [0.2, 0.25) is 0 Å². The van der Waals surface area contributed by atoms with Crippen molar-refractivity contribution < 1.29 is 0 Å². The van der Waals surface area contributed by atoms with Gasteiger partial charge in [-0.2, -0.15) is 0 Å². The molecule has 23 heavy (non-hydrogen) atoms. The van der Waals surface area contributed by atoms with Crippen LogP contribution in [0.15, 0.2) is 16.4 Å². The zero-order chi connectivity index (χ0) is 15.2. The van der Waals surface area contributed by atoms with Gasteiger partial charge in [-0.1, -0.05) is 12.8 Å². The monoisotopic (exact) mass is 448 g/mol. The van der Waals surface area contributed by atoms with Crippen molar-refractivity contribution in [2.75, 3.05) is 26.2 Å². The summed E-state index contributed by atoms with van der Waals surface area (Å²) in [5, 5.41) is 9.19. The Morgan fingerprint density at radius 1 is 1.39 bits per heavy atom. The van der Waals surface area contributed by atoms with Gasteiger partial charge in [-0.25, -0.2) is 0 Å². The fourth-order valence-electron chi connectivity index (χ4n) is 3.38. The van der Waals surface area contributed by atoms with Gasteiger partial charge in [-0.05, 0) is 43.2 Å². The van der Waals surface area contributed by atoms with Crippen LogP contribution in [0.3, 0.4) is 0 Å². The molecule has 0 bridgehead atoms. The van der Waals surface area contributed by atoms with Crippen LogP contribution in [0.25, 0.3) is 0 Å². The minimum absolute atomic E-state index is 0. The van der Waals surface area contributed by atoms with E-state index >= 15 is 0 Å². The van der Waals surface area contributed by atoms with E-state index in [0.717, 1.165) is 32.1 Å². The normalized spacial score (nSPS) is 19.3. The van der Waals surface area contributed by atoms with Crippen molar-refractivity contribution in [3.8, 4) is 0 Å². The Morgan fingerprint density at radius 2 is 2.22 bits per heavy atom. The molecule has 1 fully saturated rings. The van der Waals surface area contributed by atoms with Crippen LogP contribution in [-0.2, 0) is 13.0 Å². The van der Waals surface area contributed by atoms with Crippen LogP contribution in [-0.4, -0.2) is 43.1 Å². The lowest BCUT2D eigenvalue weighted by molar-refractivity contribution is 0.263. The summed E-state index contributed by atoms with van der Waals surface area (Å²) in [5.74, 6) is 1.00. The molecule has 0 radical (unpaired) electrons. The third kappa shape index (κ3) is 5.60. The second-order valence-corrected chi connectivity index (χ2v) is 7.28. The third-order valence-electron chi connectivity index (χ3n) is 4.61. The maximum Gasteiger partial charge on any atom is 0.191 e. The summed E-state index contributed by atoms with van der Waals surface area (Å²) in [5.41, 5.74) is 1.52. The predicted molar refractivity (Wildman–Crippen MR) is 110 cm³/mol. The minimum Gasteiger partial charge on any atom is -0.357 e. The van der Waals surface area contributed by atoms with Gasteiger partial charge in [0, 0.05) is 37.1 Å². The molecule has 2 heterocycles. The van der Waals surface area contributed by atoms with Crippen molar-refractivity contribution in [3.63, 3.8) is 0 Å². The average Bonchev–Trinajstić information content (AvgIpc) is 3.18. The molecular formula is C17H29IN4S. The number of thiophene rings is 1. The van der Waals surface area contributed by atoms with Gasteiger partial charge < -0.3 is 10.6 Å². The molecule has 0 aromatic carbocycles. The highest BCUT2D eigenvalue weighted by molar-refractivity contribution is 14.0. The quantitative estimate of drug-likeness (QED) is 0.413. The van der Waals surface area contributed by atoms with Gasteiger partial charge >= 0.3 is 0 Å². The van der Waals surface area contributed by atoms with Crippen LogP contribution >= 0.6 is 35.3 Å². The minimum atomic E-state index is 0. The lowest BCUT2D eigenvalue weighted by Gasteiger charge is -2.26. The third-order valence-corrected chi connectivity index (χ3v) is 5.64. The fraction of sp³-hybridized carbons (Fsp3) is 0.706. The summed E-state index contributed by atoms with van der Waals surface area (Å²) >= 11 is 1.91. The molecule has 1 aliphatic carbocycles. The molecule has 2 aliphatic rings. The number of nitrogens with zero attached hydrogens (tertiary/aromatic N) is 2. The molecular weight excluding hydrogens is 419 g/mol. The van der Waals surface area contributed by atoms with Gasteiger partial charge in [0.15, 0.2) is 5.96 Å². The molecule has 0 unspecified atom stereocenters. The Hall–Kier alpha value is -0.340. The second kappa shape index (κ2) is 9.84. The van der Waals surface area contributed by atoms with E-state index in [0.29, 0.717) is 6.04 Å². The molecule has 1 aromatic heterocycles. The van der Waals surface area contributed by atoms with Crippen LogP contribution in [0.1, 0.15) is 43.0 Å². The van der Waals surface area contributed by atoms with Crippen LogP contribution < -0.4 is 10.6 Å². The molecule has 2 N–H and O–H groups in total. The molecule has 6 heteroatoms. The first kappa shape index (κ1) is 19.0. The largest absolute Gasteiger partial charge is 0.357 e. The molecule has 1 saturated carbocycles. The molecule has 0 amide bonds. The van der Waals surface area contributed by atoms with Crippen molar-refractivity contribution in [1.29, 1.82) is 0 Å². The van der Waals surface area contributed by atoms with Gasteiger partial charge in [0.1, 0.15) is 0 Å². The van der Waals surface area contributed by atoms with Crippen LogP contribution in [0, 0.1) is 0 Å². The van der Waals surface area contributed by atoms with Crippen molar-refractivity contribution in [1.82, 2.24) is 15.5 Å². The van der Waals surface area contributed by atoms with Crippen molar-refractivity contribution >= 4 is 41.3 Å². The van der Waals surface area contributed by atoms with E-state index in [1.165, 1.54) is 44.2 Å². The summed E-state index contributed by atoms with van der Waals surface area (Å²) in [6.45, 7) is 7.27. The topological polar surface area (TPSA) is 39.7 Å². The van der Waals surface area contributed by atoms with Crippen molar-refractivity contribution in [2.24, 2.45) is 4.99 Å². The van der Waals surface area contributed by atoms with Crippen molar-refractivity contribution in [3.05, 3.63) is 21.9 Å². The Kier molecular flexibility index (Phi) is 8.12. The molecule has 4 nitrogen and oxygen atoms in total. The average molecular weight is 448 g/mol. The molecule has 0 atom stereocenters. The Balaban J connectivity index is 0.00000192. The van der Waals surface area contributed by atoms with E-state index in [1.54, 1.807) is 4.88 Å². The predicted octanol–water partition coefficient (Wildman–Crippen LogP) is 3.22. The zero-order valence-corrected chi connectivity index (χ0v) is 17.2. The first-order valence-corrected chi connectivity index (χ1v) is 9.55. The highest BCUT2D eigenvalue weighted by atomic mass is 127. The van der Waals surface area contributed by atoms with Crippen molar-refractivity contribution in [2.45, 2.75) is 51.6 Å². The fourth-order valence-corrected chi connectivity index (χ4v) is 4.27. The van der Waals surface area contributed by atoms with E-state index in [4.69, 9.17) is 4.99 Å². The molecule has 0 saturated heterocycles. The summed E-state index contributed by atoms with van der Waals surface area (Å²) in [4.78, 5) is 8.88. The number of aliphatic imine (C=N–C) groups is 1. The van der Waals surface area contributed by atoms with Gasteiger partial charge in [-0.15, -0.1) is 35.3 Å². The number of halogens is 1. The molecule has 130 valence electrons. The first-order chi connectivity index (χ1) is 10.8. The van der Waals surface area contributed by atoms with E-state index in [1.807, 2.05) is 11.3 Å². The smallest absolute Gasteiger partial charge is 0.191 e. The molecule has 1 aliphatic heterocycles. The SMILES string of the molecule is CCNC(=NCCN1CCc2sccc2C1)NC1CCCC1.I. The van der Waals surface area contributed by atoms with E-state index < -0.39 is 0 Å². The van der Waals surface area contributed by atoms with E-state index in [2.05, 4.69) is 33.9 Å². The lowest BCUT2D eigenvalue weighted by Crippen LogP contribution is -2.43.